The second-order valence-corrected chi connectivity index (χ2v) is 5.88. The zero-order chi connectivity index (χ0) is 16.4. The molecule has 1 aromatic carbocycles. The van der Waals surface area contributed by atoms with Crippen LogP contribution in [0.15, 0.2) is 29.2 Å². The Hall–Kier alpha value is -2.70. The minimum atomic E-state index is -0.786. The normalized spacial score (nSPS) is 21.0. The minimum absolute atomic E-state index is 0.126. The van der Waals surface area contributed by atoms with Crippen LogP contribution >= 0.6 is 0 Å². The van der Waals surface area contributed by atoms with Crippen LogP contribution < -0.4 is 10.9 Å². The van der Waals surface area contributed by atoms with Crippen LogP contribution in [0.25, 0.3) is 10.8 Å². The number of aliphatic carboxylic acids is 1. The van der Waals surface area contributed by atoms with E-state index in [2.05, 4.69) is 15.5 Å². The zero-order valence-corrected chi connectivity index (χ0v) is 12.4. The lowest BCUT2D eigenvalue weighted by molar-refractivity contribution is -0.143. The molecule has 0 saturated heterocycles. The van der Waals surface area contributed by atoms with Crippen molar-refractivity contribution in [3.05, 3.63) is 34.7 Å². The van der Waals surface area contributed by atoms with Crippen molar-refractivity contribution in [3.63, 3.8) is 0 Å². The third-order valence-electron chi connectivity index (χ3n) is 4.38. The van der Waals surface area contributed by atoms with Gasteiger partial charge in [0.05, 0.1) is 17.5 Å². The number of amides is 1. The summed E-state index contributed by atoms with van der Waals surface area (Å²) in [6.45, 7) is 0. The fourth-order valence-electron chi connectivity index (χ4n) is 3.01. The standard InChI is InChI=1S/C16H17N3O4/c20-14(9-1-3-10(4-2-9)16(22)23)18-12-6-5-11-8-17-19-15(21)13(11)7-12/h5-10H,1-4H2,(H,18,20)(H,19,21)(H,22,23). The van der Waals surface area contributed by atoms with Crippen molar-refractivity contribution >= 4 is 28.3 Å². The van der Waals surface area contributed by atoms with Crippen LogP contribution in [0.5, 0.6) is 0 Å². The van der Waals surface area contributed by atoms with E-state index < -0.39 is 5.97 Å². The van der Waals surface area contributed by atoms with Crippen LogP contribution in [0.2, 0.25) is 0 Å². The Morgan fingerprint density at radius 1 is 1.17 bits per heavy atom. The predicted octanol–water partition coefficient (Wildman–Crippen LogP) is 1.75. The lowest BCUT2D eigenvalue weighted by Gasteiger charge is -2.25. The summed E-state index contributed by atoms with van der Waals surface area (Å²) in [5.41, 5.74) is 0.250. The molecule has 3 N–H and O–H groups in total. The van der Waals surface area contributed by atoms with Gasteiger partial charge in [-0.2, -0.15) is 5.10 Å². The number of fused-ring (bicyclic) bond motifs is 1. The molecular weight excluding hydrogens is 298 g/mol. The lowest BCUT2D eigenvalue weighted by Crippen LogP contribution is -2.29. The molecule has 1 fully saturated rings. The molecule has 0 atom stereocenters. The molecule has 2 aromatic rings. The number of nitrogens with zero attached hydrogens (tertiary/aromatic N) is 1. The largest absolute Gasteiger partial charge is 0.481 e. The third-order valence-corrected chi connectivity index (χ3v) is 4.38. The number of carbonyl (C=O) groups excluding carboxylic acids is 1. The van der Waals surface area contributed by atoms with Crippen molar-refractivity contribution in [1.29, 1.82) is 0 Å². The number of carbonyl (C=O) groups is 2. The number of carboxylic acids is 1. The van der Waals surface area contributed by atoms with E-state index in [4.69, 9.17) is 5.11 Å². The highest BCUT2D eigenvalue weighted by Crippen LogP contribution is 2.30. The fourth-order valence-corrected chi connectivity index (χ4v) is 3.01. The average Bonchev–Trinajstić information content (AvgIpc) is 2.55. The van der Waals surface area contributed by atoms with Crippen molar-refractivity contribution in [2.24, 2.45) is 11.8 Å². The number of nitrogens with one attached hydrogen (secondary N) is 2. The van der Waals surface area contributed by atoms with Gasteiger partial charge in [-0.1, -0.05) is 6.07 Å². The van der Waals surface area contributed by atoms with E-state index in [1.807, 2.05) is 0 Å². The first kappa shape index (κ1) is 15.2. The molecule has 7 heteroatoms. The summed E-state index contributed by atoms with van der Waals surface area (Å²) in [4.78, 5) is 35.0. The van der Waals surface area contributed by atoms with Crippen molar-refractivity contribution in [2.75, 3.05) is 5.32 Å². The van der Waals surface area contributed by atoms with Gasteiger partial charge in [-0.15, -0.1) is 0 Å². The molecule has 120 valence electrons. The Kier molecular flexibility index (Phi) is 4.10. The second kappa shape index (κ2) is 6.20. The maximum Gasteiger partial charge on any atom is 0.306 e. The molecule has 0 radical (unpaired) electrons. The molecular formula is C16H17N3O4. The Morgan fingerprint density at radius 3 is 2.57 bits per heavy atom. The van der Waals surface area contributed by atoms with Gasteiger partial charge in [0.2, 0.25) is 5.91 Å². The topological polar surface area (TPSA) is 112 Å². The van der Waals surface area contributed by atoms with Gasteiger partial charge in [0.15, 0.2) is 0 Å². The van der Waals surface area contributed by atoms with Crippen molar-refractivity contribution in [3.8, 4) is 0 Å². The molecule has 0 spiro atoms. The molecule has 23 heavy (non-hydrogen) atoms. The first-order chi connectivity index (χ1) is 11.0. The SMILES string of the molecule is O=C(O)C1CCC(C(=O)Nc2ccc3cn[nH]c(=O)c3c2)CC1. The zero-order valence-electron chi connectivity index (χ0n) is 12.4. The van der Waals surface area contributed by atoms with E-state index in [9.17, 15) is 14.4 Å². The van der Waals surface area contributed by atoms with Gasteiger partial charge < -0.3 is 10.4 Å². The van der Waals surface area contributed by atoms with Gasteiger partial charge in [0.1, 0.15) is 0 Å². The Labute approximate surface area is 131 Å². The molecule has 0 bridgehead atoms. The molecule has 1 saturated carbocycles. The molecule has 3 rings (SSSR count). The van der Waals surface area contributed by atoms with Gasteiger partial charge in [-0.25, -0.2) is 5.10 Å². The highest BCUT2D eigenvalue weighted by atomic mass is 16.4. The minimum Gasteiger partial charge on any atom is -0.481 e. The maximum absolute atomic E-state index is 12.3. The molecule has 0 aliphatic heterocycles. The fraction of sp³-hybridized carbons (Fsp3) is 0.375. The summed E-state index contributed by atoms with van der Waals surface area (Å²) >= 11 is 0. The van der Waals surface area contributed by atoms with Crippen LogP contribution in [0.1, 0.15) is 25.7 Å². The van der Waals surface area contributed by atoms with Gasteiger partial charge in [0.25, 0.3) is 5.56 Å². The Morgan fingerprint density at radius 2 is 1.87 bits per heavy atom. The number of carboxylic acid groups (broad SMARTS) is 1. The average molecular weight is 315 g/mol. The number of H-pyrrole nitrogens is 1. The summed E-state index contributed by atoms with van der Waals surface area (Å²) < 4.78 is 0. The number of anilines is 1. The van der Waals surface area contributed by atoms with E-state index in [0.29, 0.717) is 42.1 Å². The number of rotatable bonds is 3. The number of benzene rings is 1. The number of aromatic amines is 1. The highest BCUT2D eigenvalue weighted by Gasteiger charge is 2.29. The smallest absolute Gasteiger partial charge is 0.306 e. The van der Waals surface area contributed by atoms with E-state index >= 15 is 0 Å². The van der Waals surface area contributed by atoms with Crippen molar-refractivity contribution in [1.82, 2.24) is 10.2 Å². The first-order valence-electron chi connectivity index (χ1n) is 7.55. The number of hydrogen-bond donors (Lipinski definition) is 3. The summed E-state index contributed by atoms with van der Waals surface area (Å²) in [5, 5.41) is 19.1. The summed E-state index contributed by atoms with van der Waals surface area (Å²) in [6.07, 6.45) is 3.74. The highest BCUT2D eigenvalue weighted by molar-refractivity contribution is 5.95. The van der Waals surface area contributed by atoms with Gasteiger partial charge in [0, 0.05) is 17.0 Å². The number of hydrogen-bond acceptors (Lipinski definition) is 4. The van der Waals surface area contributed by atoms with Gasteiger partial charge in [-0.3, -0.25) is 14.4 Å². The molecule has 0 unspecified atom stereocenters. The molecule has 1 aliphatic carbocycles. The van der Waals surface area contributed by atoms with Crippen molar-refractivity contribution < 1.29 is 14.7 Å². The second-order valence-electron chi connectivity index (χ2n) is 5.88. The summed E-state index contributed by atoms with van der Waals surface area (Å²) in [7, 11) is 0. The number of aromatic nitrogens is 2. The van der Waals surface area contributed by atoms with Crippen LogP contribution in [-0.4, -0.2) is 27.2 Å². The van der Waals surface area contributed by atoms with Gasteiger partial charge in [-0.05, 0) is 37.8 Å². The van der Waals surface area contributed by atoms with E-state index in [-0.39, 0.29) is 23.3 Å². The summed E-state index contributed by atoms with van der Waals surface area (Å²) in [6, 6.07) is 5.08. The summed E-state index contributed by atoms with van der Waals surface area (Å²) in [5.74, 6) is -1.44. The third kappa shape index (κ3) is 3.23. The quantitative estimate of drug-likeness (QED) is 0.799. The Bertz CT molecular complexity index is 806. The Balaban J connectivity index is 1.70. The van der Waals surface area contributed by atoms with Crippen LogP contribution in [0, 0.1) is 11.8 Å². The maximum atomic E-state index is 12.3. The monoisotopic (exact) mass is 315 g/mol. The molecule has 1 amide bonds. The van der Waals surface area contributed by atoms with Crippen LogP contribution in [0.3, 0.4) is 0 Å². The van der Waals surface area contributed by atoms with E-state index in [1.54, 1.807) is 24.4 Å². The van der Waals surface area contributed by atoms with E-state index in [1.165, 1.54) is 0 Å². The first-order valence-corrected chi connectivity index (χ1v) is 7.55. The lowest BCUT2D eigenvalue weighted by atomic mass is 9.81. The predicted molar refractivity (Wildman–Crippen MR) is 84.1 cm³/mol. The van der Waals surface area contributed by atoms with Gasteiger partial charge >= 0.3 is 5.97 Å². The van der Waals surface area contributed by atoms with E-state index in [0.717, 1.165) is 0 Å². The van der Waals surface area contributed by atoms with Crippen LogP contribution in [-0.2, 0) is 9.59 Å². The van der Waals surface area contributed by atoms with Crippen LogP contribution in [0.4, 0.5) is 5.69 Å². The molecule has 1 aromatic heterocycles. The van der Waals surface area contributed by atoms with Crippen molar-refractivity contribution in [2.45, 2.75) is 25.7 Å². The molecule has 1 aliphatic rings. The molecule has 7 nitrogen and oxygen atoms in total. The molecule has 1 heterocycles.